The first-order valence-electron chi connectivity index (χ1n) is 4.12. The van der Waals surface area contributed by atoms with Crippen molar-refractivity contribution in [2.24, 2.45) is 4.99 Å². The Labute approximate surface area is 95.4 Å². The third-order valence-electron chi connectivity index (χ3n) is 1.94. The van der Waals surface area contributed by atoms with Crippen molar-refractivity contribution in [3.63, 3.8) is 0 Å². The highest BCUT2D eigenvalue weighted by Gasteiger charge is 2.29. The van der Waals surface area contributed by atoms with Crippen LogP contribution in [0, 0.1) is 6.92 Å². The second kappa shape index (κ2) is 4.04. The Kier molecular flexibility index (Phi) is 2.95. The van der Waals surface area contributed by atoms with Crippen molar-refractivity contribution in [1.29, 1.82) is 0 Å². The Morgan fingerprint density at radius 1 is 1.64 bits per heavy atom. The van der Waals surface area contributed by atoms with Gasteiger partial charge in [-0.2, -0.15) is 0 Å². The maximum absolute atomic E-state index is 11.3. The van der Waals surface area contributed by atoms with Crippen molar-refractivity contribution in [3.8, 4) is 0 Å². The number of thioether (sulfide) groups is 1. The Morgan fingerprint density at radius 2 is 2.43 bits per heavy atom. The number of carbonyl (C=O) groups is 1. The maximum Gasteiger partial charge on any atom is 0.261 e. The van der Waals surface area contributed by atoms with Gasteiger partial charge in [0.2, 0.25) is 0 Å². The van der Waals surface area contributed by atoms with Crippen LogP contribution in [0.3, 0.4) is 0 Å². The minimum atomic E-state index is -0.187. The highest BCUT2D eigenvalue weighted by atomic mass is 35.5. The second-order valence-electron chi connectivity index (χ2n) is 2.95. The van der Waals surface area contributed by atoms with E-state index in [0.29, 0.717) is 5.88 Å². The molecule has 74 valence electrons. The van der Waals surface area contributed by atoms with E-state index in [9.17, 15) is 4.79 Å². The molecule has 2 rings (SSSR count). The molecule has 0 bridgehead atoms. The van der Waals surface area contributed by atoms with E-state index < -0.39 is 0 Å². The van der Waals surface area contributed by atoms with Crippen LogP contribution < -0.4 is 0 Å². The predicted octanol–water partition coefficient (Wildman–Crippen LogP) is 2.68. The number of amides is 1. The molecule has 1 aliphatic rings. The monoisotopic (exact) mass is 245 g/mol. The molecule has 14 heavy (non-hydrogen) atoms. The molecule has 1 atom stereocenters. The van der Waals surface area contributed by atoms with E-state index in [2.05, 4.69) is 4.99 Å². The molecule has 0 N–H and O–H groups in total. The summed E-state index contributed by atoms with van der Waals surface area (Å²) < 4.78 is 0. The molecule has 1 amide bonds. The van der Waals surface area contributed by atoms with E-state index in [1.807, 2.05) is 18.4 Å². The molecule has 0 aliphatic carbocycles. The van der Waals surface area contributed by atoms with Gasteiger partial charge in [0.25, 0.3) is 5.91 Å². The van der Waals surface area contributed by atoms with Crippen LogP contribution in [0.25, 0.3) is 0 Å². The highest BCUT2D eigenvalue weighted by Crippen LogP contribution is 2.31. The van der Waals surface area contributed by atoms with Crippen LogP contribution in [0.1, 0.15) is 10.4 Å². The number of aliphatic imine (C=N–C) groups is 1. The van der Waals surface area contributed by atoms with Crippen LogP contribution in [-0.4, -0.2) is 22.1 Å². The van der Waals surface area contributed by atoms with Gasteiger partial charge in [-0.05, 0) is 23.9 Å². The molecule has 1 unspecified atom stereocenters. The van der Waals surface area contributed by atoms with Crippen molar-refractivity contribution in [2.45, 2.75) is 12.2 Å². The molecule has 0 radical (unpaired) electrons. The lowest BCUT2D eigenvalue weighted by Gasteiger charge is -2.00. The number of thiophene rings is 1. The minimum Gasteiger partial charge on any atom is -0.271 e. The molecule has 1 aromatic rings. The first-order chi connectivity index (χ1) is 6.72. The van der Waals surface area contributed by atoms with Crippen molar-refractivity contribution in [1.82, 2.24) is 0 Å². The Balaban J connectivity index is 2.27. The number of nitrogens with zero attached hydrogens (tertiary/aromatic N) is 1. The van der Waals surface area contributed by atoms with Crippen molar-refractivity contribution >= 4 is 45.7 Å². The van der Waals surface area contributed by atoms with Gasteiger partial charge in [0.05, 0.1) is 4.88 Å². The van der Waals surface area contributed by atoms with Crippen LogP contribution in [0.4, 0.5) is 0 Å². The maximum atomic E-state index is 11.3. The van der Waals surface area contributed by atoms with Crippen molar-refractivity contribution in [2.75, 3.05) is 5.88 Å². The molecule has 0 aromatic carbocycles. The van der Waals surface area contributed by atoms with Crippen LogP contribution in [0.2, 0.25) is 0 Å². The quantitative estimate of drug-likeness (QED) is 0.750. The number of aryl methyl sites for hydroxylation is 1. The van der Waals surface area contributed by atoms with Crippen LogP contribution in [0.15, 0.2) is 16.4 Å². The number of alkyl halides is 1. The smallest absolute Gasteiger partial charge is 0.261 e. The van der Waals surface area contributed by atoms with Crippen molar-refractivity contribution < 1.29 is 4.79 Å². The van der Waals surface area contributed by atoms with Gasteiger partial charge in [0.1, 0.15) is 10.3 Å². The summed E-state index contributed by atoms with van der Waals surface area (Å²) in [5.74, 6) is 0.230. The molecule has 2 nitrogen and oxygen atoms in total. The Hall–Kier alpha value is -0.320. The van der Waals surface area contributed by atoms with Gasteiger partial charge < -0.3 is 0 Å². The molecular formula is C9H8ClNOS2. The normalized spacial score (nSPS) is 21.4. The zero-order chi connectivity index (χ0) is 10.1. The van der Waals surface area contributed by atoms with Gasteiger partial charge in [0, 0.05) is 5.88 Å². The Bertz CT molecular complexity index is 399. The number of rotatable bonds is 2. The lowest BCUT2D eigenvalue weighted by Crippen LogP contribution is -2.11. The summed E-state index contributed by atoms with van der Waals surface area (Å²) in [6, 6.07) is 2.03. The van der Waals surface area contributed by atoms with Crippen LogP contribution in [0.5, 0.6) is 0 Å². The van der Waals surface area contributed by atoms with Gasteiger partial charge in [0.15, 0.2) is 0 Å². The third kappa shape index (κ3) is 1.74. The molecule has 1 aromatic heterocycles. The average molecular weight is 246 g/mol. The number of halogens is 1. The van der Waals surface area contributed by atoms with Crippen LogP contribution in [-0.2, 0) is 4.79 Å². The molecule has 0 spiro atoms. The van der Waals surface area contributed by atoms with Crippen LogP contribution >= 0.6 is 34.7 Å². The first kappa shape index (κ1) is 10.2. The largest absolute Gasteiger partial charge is 0.271 e. The molecule has 5 heteroatoms. The van der Waals surface area contributed by atoms with E-state index in [1.54, 1.807) is 11.3 Å². The van der Waals surface area contributed by atoms with Gasteiger partial charge in [-0.25, -0.2) is 4.99 Å². The van der Waals surface area contributed by atoms with Crippen molar-refractivity contribution in [3.05, 3.63) is 21.9 Å². The summed E-state index contributed by atoms with van der Waals surface area (Å²) in [5.41, 5.74) is 1.17. The standard InChI is InChI=1S/C9H8ClNOS2/c1-5-2-3-13-7(5)9-11-8(12)6(4-10)14-9/h2-3,6H,4H2,1H3. The molecule has 0 saturated heterocycles. The van der Waals surface area contributed by atoms with E-state index in [1.165, 1.54) is 17.3 Å². The minimum absolute atomic E-state index is 0.104. The zero-order valence-electron chi connectivity index (χ0n) is 7.49. The first-order valence-corrected chi connectivity index (χ1v) is 6.41. The average Bonchev–Trinajstić information content (AvgIpc) is 2.71. The summed E-state index contributed by atoms with van der Waals surface area (Å²) >= 11 is 8.74. The second-order valence-corrected chi connectivity index (χ2v) is 5.36. The third-order valence-corrected chi connectivity index (χ3v) is 4.75. The number of hydrogen-bond donors (Lipinski definition) is 0. The topological polar surface area (TPSA) is 29.4 Å². The number of hydrogen-bond acceptors (Lipinski definition) is 3. The van der Waals surface area contributed by atoms with Gasteiger partial charge in [-0.1, -0.05) is 11.8 Å². The number of carbonyl (C=O) groups excluding carboxylic acids is 1. The molecule has 0 saturated carbocycles. The predicted molar refractivity (Wildman–Crippen MR) is 62.7 cm³/mol. The summed E-state index contributed by atoms with van der Waals surface area (Å²) in [6.07, 6.45) is 0. The summed E-state index contributed by atoms with van der Waals surface area (Å²) in [4.78, 5) is 16.4. The fraction of sp³-hybridized carbons (Fsp3) is 0.333. The molecule has 1 aliphatic heterocycles. The van der Waals surface area contributed by atoms with Gasteiger partial charge >= 0.3 is 0 Å². The lowest BCUT2D eigenvalue weighted by atomic mass is 10.3. The Morgan fingerprint density at radius 3 is 2.93 bits per heavy atom. The highest BCUT2D eigenvalue weighted by molar-refractivity contribution is 8.16. The summed E-state index contributed by atoms with van der Waals surface area (Å²) in [7, 11) is 0. The lowest BCUT2D eigenvalue weighted by molar-refractivity contribution is -0.116. The molecule has 0 fully saturated rings. The summed E-state index contributed by atoms with van der Waals surface area (Å²) in [6.45, 7) is 2.02. The van der Waals surface area contributed by atoms with E-state index in [4.69, 9.17) is 11.6 Å². The van der Waals surface area contributed by atoms with E-state index in [-0.39, 0.29) is 11.2 Å². The molecule has 2 heterocycles. The van der Waals surface area contributed by atoms with E-state index >= 15 is 0 Å². The van der Waals surface area contributed by atoms with E-state index in [0.717, 1.165) is 9.92 Å². The SMILES string of the molecule is Cc1ccsc1C1=NC(=O)C(CCl)S1. The van der Waals surface area contributed by atoms with Gasteiger partial charge in [-0.3, -0.25) is 4.79 Å². The fourth-order valence-corrected chi connectivity index (χ4v) is 3.49. The molecular weight excluding hydrogens is 238 g/mol. The van der Waals surface area contributed by atoms with Gasteiger partial charge in [-0.15, -0.1) is 22.9 Å². The summed E-state index contributed by atoms with van der Waals surface area (Å²) in [5, 5.41) is 2.65. The fourth-order valence-electron chi connectivity index (χ4n) is 1.18. The zero-order valence-corrected chi connectivity index (χ0v) is 9.88.